The molecular formula is C12H10BrFO. The molecule has 0 unspecified atom stereocenters. The first kappa shape index (κ1) is 10.6. The number of carbonyl (C=O) groups excluding carboxylic acids is 1. The van der Waals surface area contributed by atoms with Crippen molar-refractivity contribution in [1.29, 1.82) is 0 Å². The molecule has 0 heterocycles. The number of allylic oxidation sites excluding steroid dienone is 2. The molecule has 3 heteroatoms. The standard InChI is InChI=1S/C12H10BrFO/c13-9-6-3-7-10(14)11(9)12(15)8-4-1-2-5-8/h3-4,6-7H,1-2,5H2. The highest BCUT2D eigenvalue weighted by atomic mass is 79.9. The number of carbonyl (C=O) groups is 1. The fourth-order valence-corrected chi connectivity index (χ4v) is 2.27. The van der Waals surface area contributed by atoms with Gasteiger partial charge < -0.3 is 0 Å². The van der Waals surface area contributed by atoms with E-state index in [9.17, 15) is 9.18 Å². The third kappa shape index (κ3) is 2.02. The molecule has 0 spiro atoms. The summed E-state index contributed by atoms with van der Waals surface area (Å²) in [6.45, 7) is 0. The zero-order valence-electron chi connectivity index (χ0n) is 8.09. The summed E-state index contributed by atoms with van der Waals surface area (Å²) in [6.07, 6.45) is 4.58. The molecule has 0 N–H and O–H groups in total. The van der Waals surface area contributed by atoms with Gasteiger partial charge in [-0.15, -0.1) is 0 Å². The Labute approximate surface area is 96.1 Å². The summed E-state index contributed by atoms with van der Waals surface area (Å²) in [4.78, 5) is 12.0. The van der Waals surface area contributed by atoms with E-state index in [0.29, 0.717) is 4.47 Å². The van der Waals surface area contributed by atoms with Crippen LogP contribution in [-0.2, 0) is 0 Å². The minimum absolute atomic E-state index is 0.158. The SMILES string of the molecule is O=C(C1=CCCC1)c1c(F)cccc1Br. The average molecular weight is 269 g/mol. The molecule has 0 aromatic heterocycles. The lowest BCUT2D eigenvalue weighted by atomic mass is 10.0. The zero-order chi connectivity index (χ0) is 10.8. The molecule has 0 radical (unpaired) electrons. The molecule has 0 fully saturated rings. The third-order valence-corrected chi connectivity index (χ3v) is 3.18. The molecule has 1 aliphatic rings. The molecule has 78 valence electrons. The molecule has 0 amide bonds. The highest BCUT2D eigenvalue weighted by Gasteiger charge is 2.20. The van der Waals surface area contributed by atoms with Crippen molar-refractivity contribution in [3.8, 4) is 0 Å². The largest absolute Gasteiger partial charge is 0.289 e. The van der Waals surface area contributed by atoms with E-state index in [-0.39, 0.29) is 11.3 Å². The summed E-state index contributed by atoms with van der Waals surface area (Å²) in [7, 11) is 0. The maximum atomic E-state index is 13.5. The molecule has 1 aromatic carbocycles. The van der Waals surface area contributed by atoms with Crippen LogP contribution in [0.25, 0.3) is 0 Å². The highest BCUT2D eigenvalue weighted by molar-refractivity contribution is 9.10. The van der Waals surface area contributed by atoms with Crippen LogP contribution in [0.3, 0.4) is 0 Å². The van der Waals surface area contributed by atoms with Crippen molar-refractivity contribution >= 4 is 21.7 Å². The van der Waals surface area contributed by atoms with Crippen LogP contribution in [0, 0.1) is 5.82 Å². The van der Waals surface area contributed by atoms with Gasteiger partial charge in [-0.2, -0.15) is 0 Å². The number of halogens is 2. The fraction of sp³-hybridized carbons (Fsp3) is 0.250. The molecule has 15 heavy (non-hydrogen) atoms. The summed E-state index contributed by atoms with van der Waals surface area (Å²) < 4.78 is 14.0. The van der Waals surface area contributed by atoms with E-state index in [2.05, 4.69) is 15.9 Å². The third-order valence-electron chi connectivity index (χ3n) is 2.52. The highest BCUT2D eigenvalue weighted by Crippen LogP contribution is 2.27. The molecule has 2 rings (SSSR count). The van der Waals surface area contributed by atoms with Gasteiger partial charge in [0, 0.05) is 4.47 Å². The molecular weight excluding hydrogens is 259 g/mol. The van der Waals surface area contributed by atoms with E-state index in [1.165, 1.54) is 6.07 Å². The van der Waals surface area contributed by atoms with Gasteiger partial charge in [-0.25, -0.2) is 4.39 Å². The second-order valence-corrected chi connectivity index (χ2v) is 4.40. The lowest BCUT2D eigenvalue weighted by Crippen LogP contribution is -2.05. The smallest absolute Gasteiger partial charge is 0.192 e. The van der Waals surface area contributed by atoms with Crippen LogP contribution in [0.1, 0.15) is 29.6 Å². The van der Waals surface area contributed by atoms with E-state index in [1.54, 1.807) is 12.1 Å². The second kappa shape index (κ2) is 4.27. The van der Waals surface area contributed by atoms with Gasteiger partial charge in [0.15, 0.2) is 5.78 Å². The predicted octanol–water partition coefficient (Wildman–Crippen LogP) is 3.88. The van der Waals surface area contributed by atoms with Crippen molar-refractivity contribution in [2.75, 3.05) is 0 Å². The number of hydrogen-bond donors (Lipinski definition) is 0. The summed E-state index contributed by atoms with van der Waals surface area (Å²) in [5.41, 5.74) is 0.895. The van der Waals surface area contributed by atoms with Gasteiger partial charge in [-0.05, 0) is 52.9 Å². The lowest BCUT2D eigenvalue weighted by Gasteiger charge is -2.05. The number of ketones is 1. The first-order valence-electron chi connectivity index (χ1n) is 4.88. The summed E-state index contributed by atoms with van der Waals surface area (Å²) in [5.74, 6) is -0.639. The summed E-state index contributed by atoms with van der Waals surface area (Å²) in [5, 5.41) is 0. The molecule has 1 nitrogen and oxygen atoms in total. The van der Waals surface area contributed by atoms with E-state index in [0.717, 1.165) is 24.8 Å². The van der Waals surface area contributed by atoms with Gasteiger partial charge in [0.2, 0.25) is 0 Å². The van der Waals surface area contributed by atoms with Crippen molar-refractivity contribution in [1.82, 2.24) is 0 Å². The topological polar surface area (TPSA) is 17.1 Å². The minimum Gasteiger partial charge on any atom is -0.289 e. The molecule has 0 saturated carbocycles. The van der Waals surface area contributed by atoms with E-state index >= 15 is 0 Å². The first-order valence-corrected chi connectivity index (χ1v) is 5.67. The van der Waals surface area contributed by atoms with E-state index in [4.69, 9.17) is 0 Å². The van der Waals surface area contributed by atoms with Gasteiger partial charge in [-0.3, -0.25) is 4.79 Å². The Balaban J connectivity index is 2.41. The van der Waals surface area contributed by atoms with E-state index in [1.807, 2.05) is 6.08 Å². The van der Waals surface area contributed by atoms with Crippen LogP contribution >= 0.6 is 15.9 Å². The van der Waals surface area contributed by atoms with Crippen molar-refractivity contribution in [3.05, 3.63) is 45.7 Å². The summed E-state index contributed by atoms with van der Waals surface area (Å²) in [6, 6.07) is 4.58. The predicted molar refractivity (Wildman–Crippen MR) is 60.4 cm³/mol. The van der Waals surface area contributed by atoms with Crippen molar-refractivity contribution in [2.24, 2.45) is 0 Å². The van der Waals surface area contributed by atoms with Crippen LogP contribution in [-0.4, -0.2) is 5.78 Å². The molecule has 0 saturated heterocycles. The Morgan fingerprint density at radius 3 is 2.80 bits per heavy atom. The van der Waals surface area contributed by atoms with Crippen LogP contribution in [0.2, 0.25) is 0 Å². The Morgan fingerprint density at radius 1 is 1.40 bits per heavy atom. The van der Waals surface area contributed by atoms with Crippen LogP contribution in [0.5, 0.6) is 0 Å². The number of rotatable bonds is 2. The van der Waals surface area contributed by atoms with Gasteiger partial charge in [0.05, 0.1) is 5.56 Å². The molecule has 1 aromatic rings. The normalized spacial score (nSPS) is 15.2. The number of hydrogen-bond acceptors (Lipinski definition) is 1. The van der Waals surface area contributed by atoms with Crippen LogP contribution in [0.15, 0.2) is 34.3 Å². The van der Waals surface area contributed by atoms with Crippen molar-refractivity contribution in [2.45, 2.75) is 19.3 Å². The van der Waals surface area contributed by atoms with Crippen molar-refractivity contribution in [3.63, 3.8) is 0 Å². The Morgan fingerprint density at radius 2 is 2.20 bits per heavy atom. The van der Waals surface area contributed by atoms with Gasteiger partial charge in [-0.1, -0.05) is 12.1 Å². The van der Waals surface area contributed by atoms with Gasteiger partial charge >= 0.3 is 0 Å². The number of Topliss-reactive ketones (excluding diaryl/α,β-unsaturated/α-hetero) is 1. The monoisotopic (exact) mass is 268 g/mol. The maximum Gasteiger partial charge on any atom is 0.192 e. The van der Waals surface area contributed by atoms with Crippen molar-refractivity contribution < 1.29 is 9.18 Å². The first-order chi connectivity index (χ1) is 7.20. The number of benzene rings is 1. The van der Waals surface area contributed by atoms with Gasteiger partial charge in [0.25, 0.3) is 0 Å². The fourth-order valence-electron chi connectivity index (χ4n) is 1.75. The molecule has 0 atom stereocenters. The Hall–Kier alpha value is -0.960. The van der Waals surface area contributed by atoms with Gasteiger partial charge in [0.1, 0.15) is 5.82 Å². The Kier molecular flexibility index (Phi) is 3.00. The average Bonchev–Trinajstić information content (AvgIpc) is 2.69. The molecule has 0 aliphatic heterocycles. The summed E-state index contributed by atoms with van der Waals surface area (Å²) >= 11 is 3.21. The zero-order valence-corrected chi connectivity index (χ0v) is 9.68. The molecule has 0 bridgehead atoms. The molecule has 1 aliphatic carbocycles. The quantitative estimate of drug-likeness (QED) is 0.744. The lowest BCUT2D eigenvalue weighted by molar-refractivity contribution is 0.102. The van der Waals surface area contributed by atoms with Crippen LogP contribution < -0.4 is 0 Å². The van der Waals surface area contributed by atoms with E-state index < -0.39 is 5.82 Å². The van der Waals surface area contributed by atoms with Crippen LogP contribution in [0.4, 0.5) is 4.39 Å². The minimum atomic E-state index is -0.456. The second-order valence-electron chi connectivity index (χ2n) is 3.55. The maximum absolute atomic E-state index is 13.5. The Bertz CT molecular complexity index is 417.